The second-order valence-electron chi connectivity index (χ2n) is 14.5. The zero-order valence-electron chi connectivity index (χ0n) is 31.6. The highest BCUT2D eigenvalue weighted by Crippen LogP contribution is 2.36. The van der Waals surface area contributed by atoms with Crippen molar-refractivity contribution in [2.45, 2.75) is 50.2 Å². The summed E-state index contributed by atoms with van der Waals surface area (Å²) in [5, 5.41) is 28.2. The molecule has 0 bridgehead atoms. The molecular weight excluding hydrogens is 776 g/mol. The van der Waals surface area contributed by atoms with Gasteiger partial charge in [-0.2, -0.15) is 0 Å². The van der Waals surface area contributed by atoms with Gasteiger partial charge in [0.25, 0.3) is 15.7 Å². The highest BCUT2D eigenvalue weighted by molar-refractivity contribution is 7.90. The fraction of sp³-hybridized carbons (Fsp3) is 0.333. The van der Waals surface area contributed by atoms with E-state index in [1.807, 2.05) is 18.2 Å². The topological polar surface area (TPSA) is 202 Å². The molecule has 2 saturated heterocycles. The number of carboxylic acid groups (broad SMARTS) is 1. The van der Waals surface area contributed by atoms with Crippen LogP contribution in [-0.4, -0.2) is 100 Å². The fourth-order valence-electron chi connectivity index (χ4n) is 6.54. The Morgan fingerprint density at radius 1 is 1.00 bits per heavy atom. The third-order valence-electron chi connectivity index (χ3n) is 9.34. The Morgan fingerprint density at radius 2 is 1.67 bits per heavy atom. The number of hydrogen-bond donors (Lipinski definition) is 3. The van der Waals surface area contributed by atoms with Crippen LogP contribution in [0.1, 0.15) is 44.0 Å². The van der Waals surface area contributed by atoms with Crippen molar-refractivity contribution in [3.05, 3.63) is 106 Å². The summed E-state index contributed by atoms with van der Waals surface area (Å²) in [5.41, 5.74) is 1.17. The summed E-state index contributed by atoms with van der Waals surface area (Å²) < 4.78 is 33.4. The van der Waals surface area contributed by atoms with Crippen molar-refractivity contribution in [3.63, 3.8) is 0 Å². The number of piperazine rings is 1. The molecule has 0 atom stereocenters. The number of carbonyl (C=O) groups excluding carboxylic acids is 1. The van der Waals surface area contributed by atoms with E-state index in [2.05, 4.69) is 20.6 Å². The Kier molecular flexibility index (Phi) is 12.3. The molecule has 3 N–H and O–H groups in total. The van der Waals surface area contributed by atoms with E-state index in [0.29, 0.717) is 53.9 Å². The Hall–Kier alpha value is -5.78. The quantitative estimate of drug-likeness (QED) is 0.113. The first-order valence-corrected chi connectivity index (χ1v) is 20.1. The molecule has 300 valence electrons. The molecule has 0 saturated carbocycles. The Morgan fingerprint density at radius 3 is 2.32 bits per heavy atom. The summed E-state index contributed by atoms with van der Waals surface area (Å²) in [5.74, 6) is -0.664. The van der Waals surface area contributed by atoms with Gasteiger partial charge in [0.1, 0.15) is 11.3 Å². The number of benzene rings is 3. The minimum absolute atomic E-state index is 0.0184. The maximum atomic E-state index is 13.4. The first kappa shape index (κ1) is 40.9. The molecule has 3 aromatic carbocycles. The molecule has 16 nitrogen and oxygen atoms in total. The molecule has 18 heteroatoms. The molecule has 0 aliphatic carbocycles. The van der Waals surface area contributed by atoms with E-state index in [1.54, 1.807) is 74.5 Å². The van der Waals surface area contributed by atoms with Gasteiger partial charge >= 0.3 is 12.1 Å². The number of carboxylic acids is 1. The maximum Gasteiger partial charge on any atom is 0.410 e. The lowest BCUT2D eigenvalue weighted by Gasteiger charge is -2.36. The maximum absolute atomic E-state index is 13.4. The molecule has 1 amide bonds. The molecule has 0 unspecified atom stereocenters. The van der Waals surface area contributed by atoms with E-state index in [0.717, 1.165) is 31.3 Å². The number of nitro benzene ring substituents is 1. The number of piperidine rings is 1. The predicted octanol–water partition coefficient (Wildman–Crippen LogP) is 6.50. The minimum Gasteiger partial charge on any atom is -0.478 e. The Bertz CT molecular complexity index is 2370. The van der Waals surface area contributed by atoms with E-state index in [9.17, 15) is 28.1 Å². The number of para-hydroxylation sites is 1. The largest absolute Gasteiger partial charge is 0.478 e. The van der Waals surface area contributed by atoms with Gasteiger partial charge in [0, 0.05) is 55.4 Å². The number of hydrogen-bond acceptors (Lipinski definition) is 12. The van der Waals surface area contributed by atoms with Gasteiger partial charge in [-0.25, -0.2) is 31.9 Å². The normalized spacial score (nSPS) is 15.1. The molecule has 2 aliphatic heterocycles. The number of nitrogens with zero attached hydrogens (tertiary/aromatic N) is 6. The van der Waals surface area contributed by atoms with E-state index in [4.69, 9.17) is 21.4 Å². The molecule has 0 spiro atoms. The van der Waals surface area contributed by atoms with Gasteiger partial charge in [-0.1, -0.05) is 48.0 Å². The smallest absolute Gasteiger partial charge is 0.410 e. The second-order valence-corrected chi connectivity index (χ2v) is 16.7. The first-order valence-electron chi connectivity index (χ1n) is 18.3. The molecular formula is C39H43ClN8O8S. The number of halogens is 1. The summed E-state index contributed by atoms with van der Waals surface area (Å²) in [7, 11) is -3.79. The van der Waals surface area contributed by atoms with Crippen LogP contribution in [0.5, 0.6) is 0 Å². The van der Waals surface area contributed by atoms with Crippen LogP contribution in [-0.2, 0) is 14.8 Å². The monoisotopic (exact) mass is 818 g/mol. The number of rotatable bonds is 8. The second kappa shape index (κ2) is 17.2. The van der Waals surface area contributed by atoms with Crippen molar-refractivity contribution in [2.24, 2.45) is 0 Å². The zero-order chi connectivity index (χ0) is 40.9. The van der Waals surface area contributed by atoms with Crippen LogP contribution < -0.4 is 15.5 Å². The summed E-state index contributed by atoms with van der Waals surface area (Å²) in [6, 6.07) is 19.7. The highest BCUT2D eigenvalue weighted by atomic mass is 35.5. The number of aromatic nitrogens is 3. The molecule has 4 heterocycles. The number of fused-ring (bicyclic) bond motifs is 1. The summed E-state index contributed by atoms with van der Waals surface area (Å²) in [4.78, 5) is 46.4. The lowest BCUT2D eigenvalue weighted by atomic mass is 10.1. The van der Waals surface area contributed by atoms with E-state index in [-0.39, 0.29) is 27.9 Å². The van der Waals surface area contributed by atoms with Crippen molar-refractivity contribution < 1.29 is 32.8 Å². The fourth-order valence-corrected chi connectivity index (χ4v) is 8.12. The number of amides is 1. The van der Waals surface area contributed by atoms with Gasteiger partial charge < -0.3 is 30.3 Å². The molecule has 7 rings (SSSR count). The first-order chi connectivity index (χ1) is 27.1. The van der Waals surface area contributed by atoms with Gasteiger partial charge in [-0.3, -0.25) is 10.1 Å². The van der Waals surface area contributed by atoms with E-state index in [1.165, 1.54) is 27.1 Å². The van der Waals surface area contributed by atoms with Crippen LogP contribution in [0.2, 0.25) is 5.02 Å². The van der Waals surface area contributed by atoms with E-state index >= 15 is 0 Å². The zero-order valence-corrected chi connectivity index (χ0v) is 33.2. The SMILES string of the molecule is CC(C)(C)OC(=O)N1CCN(c2cc(C(=O)O)ccc2[N+](=O)[O-])CC1.O=S(=O)(c1ccccc1)n1cc(-c2nc(NC3CCNCC3)ncc2Cl)c2ccccc21. The van der Waals surface area contributed by atoms with Crippen molar-refractivity contribution in [3.8, 4) is 11.3 Å². The number of anilines is 2. The summed E-state index contributed by atoms with van der Waals surface area (Å²) in [6.07, 6.45) is 4.69. The molecule has 0 radical (unpaired) electrons. The number of carbonyl (C=O) groups is 2. The van der Waals surface area contributed by atoms with Crippen molar-refractivity contribution in [1.29, 1.82) is 0 Å². The van der Waals surface area contributed by atoms with Crippen molar-refractivity contribution in [2.75, 3.05) is 49.5 Å². The molecule has 5 aromatic rings. The lowest BCUT2D eigenvalue weighted by Crippen LogP contribution is -2.50. The van der Waals surface area contributed by atoms with Crippen LogP contribution >= 0.6 is 11.6 Å². The average Bonchev–Trinajstić information content (AvgIpc) is 3.59. The van der Waals surface area contributed by atoms with Crippen LogP contribution in [0.3, 0.4) is 0 Å². The van der Waals surface area contributed by atoms with Crippen LogP contribution in [0.4, 0.5) is 22.1 Å². The van der Waals surface area contributed by atoms with E-state index < -0.39 is 32.6 Å². The predicted molar refractivity (Wildman–Crippen MR) is 217 cm³/mol. The number of nitro groups is 1. The Labute approximate surface area is 334 Å². The number of aromatic carboxylic acids is 1. The highest BCUT2D eigenvalue weighted by Gasteiger charge is 2.29. The average molecular weight is 819 g/mol. The molecule has 2 aliphatic rings. The van der Waals surface area contributed by atoms with Crippen LogP contribution in [0.25, 0.3) is 22.2 Å². The summed E-state index contributed by atoms with van der Waals surface area (Å²) >= 11 is 6.49. The summed E-state index contributed by atoms with van der Waals surface area (Å²) in [6.45, 7) is 8.61. The third kappa shape index (κ3) is 9.61. The van der Waals surface area contributed by atoms with Crippen LogP contribution in [0.15, 0.2) is 90.1 Å². The Balaban J connectivity index is 0.000000200. The van der Waals surface area contributed by atoms with Gasteiger partial charge in [-0.05, 0) is 77.0 Å². The van der Waals surface area contributed by atoms with Gasteiger partial charge in [-0.15, -0.1) is 0 Å². The van der Waals surface area contributed by atoms with Gasteiger partial charge in [0.2, 0.25) is 5.95 Å². The van der Waals surface area contributed by atoms with Gasteiger partial charge in [0.05, 0.1) is 37.8 Å². The third-order valence-corrected chi connectivity index (χ3v) is 11.3. The van der Waals surface area contributed by atoms with Crippen LogP contribution in [0, 0.1) is 10.1 Å². The van der Waals surface area contributed by atoms with Crippen molar-refractivity contribution in [1.82, 2.24) is 24.2 Å². The van der Waals surface area contributed by atoms with Crippen molar-refractivity contribution >= 4 is 61.9 Å². The number of nitrogens with one attached hydrogen (secondary N) is 2. The molecule has 2 fully saturated rings. The van der Waals surface area contributed by atoms with Gasteiger partial charge in [0.15, 0.2) is 0 Å². The standard InChI is InChI=1S/C23H22ClN5O2S.C16H21N3O6/c24-20-14-26-23(27-16-10-12-25-13-11-16)28-22(20)19-15-29(21-9-5-4-8-18(19)21)32(30,31)17-6-2-1-3-7-17;1-16(2,3)25-15(22)18-8-6-17(7-9-18)13-10-11(14(20)21)4-5-12(13)19(23)24/h1-9,14-16,25H,10-13H2,(H,26,27,28);4-5,10H,6-9H2,1-3H3,(H,20,21). The lowest BCUT2D eigenvalue weighted by molar-refractivity contribution is -0.384. The molecule has 57 heavy (non-hydrogen) atoms. The minimum atomic E-state index is -3.79. The molecule has 2 aromatic heterocycles. The number of ether oxygens (including phenoxy) is 1.